The number of carbonyl (C=O) groups is 2. The maximum atomic E-state index is 12.3. The lowest BCUT2D eigenvalue weighted by molar-refractivity contribution is -0.134. The van der Waals surface area contributed by atoms with Gasteiger partial charge in [-0.3, -0.25) is 9.59 Å². The second-order valence-electron chi connectivity index (χ2n) is 5.96. The number of primary amides is 1. The molecule has 0 aromatic rings. The van der Waals surface area contributed by atoms with Gasteiger partial charge in [-0.25, -0.2) is 0 Å². The Labute approximate surface area is 128 Å². The predicted octanol–water partition coefficient (Wildman–Crippen LogP) is 0.644. The number of nitrogens with one attached hydrogen (secondary N) is 1. The van der Waals surface area contributed by atoms with Crippen LogP contribution in [0.3, 0.4) is 0 Å². The van der Waals surface area contributed by atoms with E-state index in [1.54, 1.807) is 0 Å². The van der Waals surface area contributed by atoms with E-state index in [0.717, 1.165) is 12.8 Å². The van der Waals surface area contributed by atoms with Crippen LogP contribution in [0.5, 0.6) is 0 Å². The molecule has 1 heterocycles. The summed E-state index contributed by atoms with van der Waals surface area (Å²) in [7, 11) is 0. The molecule has 2 amide bonds. The lowest BCUT2D eigenvalue weighted by atomic mass is 9.55. The van der Waals surface area contributed by atoms with Gasteiger partial charge in [0.2, 0.25) is 11.8 Å². The third-order valence-electron chi connectivity index (χ3n) is 4.56. The van der Waals surface area contributed by atoms with Gasteiger partial charge in [0.05, 0.1) is 21.8 Å². The smallest absolute Gasteiger partial charge is 0.235 e. The summed E-state index contributed by atoms with van der Waals surface area (Å²) in [6, 6.07) is 0. The van der Waals surface area contributed by atoms with E-state index in [1.807, 2.05) is 0 Å². The number of carbonyl (C=O) groups excluding carboxylic acids is 2. The van der Waals surface area contributed by atoms with Crippen molar-refractivity contribution >= 4 is 46.2 Å². The first-order valence-electron chi connectivity index (χ1n) is 6.73. The van der Waals surface area contributed by atoms with Crippen molar-refractivity contribution in [3.05, 3.63) is 0 Å². The zero-order chi connectivity index (χ0) is 15.1. The van der Waals surface area contributed by atoms with Crippen molar-refractivity contribution in [3.63, 3.8) is 0 Å². The lowest BCUT2D eigenvalue weighted by Crippen LogP contribution is -2.64. The van der Waals surface area contributed by atoms with E-state index in [-0.39, 0.29) is 15.9 Å². The van der Waals surface area contributed by atoms with Crippen molar-refractivity contribution in [2.45, 2.75) is 32.6 Å². The molecule has 1 saturated carbocycles. The van der Waals surface area contributed by atoms with Crippen molar-refractivity contribution in [1.82, 2.24) is 5.32 Å². The fourth-order valence-electron chi connectivity index (χ4n) is 3.94. The highest BCUT2D eigenvalue weighted by atomic mass is 32.1. The normalized spacial score (nSPS) is 37.5. The Morgan fingerprint density at radius 1 is 1.40 bits per heavy atom. The molecule has 1 spiro atoms. The van der Waals surface area contributed by atoms with Crippen LogP contribution in [-0.4, -0.2) is 21.8 Å². The molecular weight excluding hydrogens is 294 g/mol. The first kappa shape index (κ1) is 15.3. The van der Waals surface area contributed by atoms with Crippen LogP contribution in [0.15, 0.2) is 0 Å². The van der Waals surface area contributed by atoms with Crippen LogP contribution in [0, 0.1) is 23.2 Å². The fourth-order valence-corrected chi connectivity index (χ4v) is 4.73. The number of rotatable bonds is 2. The number of thiocarbonyl (C=S) groups is 2. The largest absolute Gasteiger partial charge is 0.393 e. The molecule has 5 nitrogen and oxygen atoms in total. The Kier molecular flexibility index (Phi) is 4.11. The molecule has 2 fully saturated rings. The maximum Gasteiger partial charge on any atom is 0.235 e. The molecule has 1 aliphatic carbocycles. The molecule has 7 heteroatoms. The first-order valence-corrected chi connectivity index (χ1v) is 7.54. The summed E-state index contributed by atoms with van der Waals surface area (Å²) < 4.78 is 0. The van der Waals surface area contributed by atoms with Crippen LogP contribution < -0.4 is 16.8 Å². The molecule has 2 rings (SSSR count). The van der Waals surface area contributed by atoms with Gasteiger partial charge in [-0.2, -0.15) is 0 Å². The van der Waals surface area contributed by atoms with Crippen LogP contribution >= 0.6 is 24.4 Å². The predicted molar refractivity (Wildman–Crippen MR) is 83.8 cm³/mol. The first-order chi connectivity index (χ1) is 9.29. The van der Waals surface area contributed by atoms with Crippen molar-refractivity contribution in [1.29, 1.82) is 0 Å². The van der Waals surface area contributed by atoms with Gasteiger partial charge < -0.3 is 16.8 Å². The summed E-state index contributed by atoms with van der Waals surface area (Å²) in [6.45, 7) is 2.10. The Bertz CT molecular complexity index is 460. The number of hydrogen-bond donors (Lipinski definition) is 3. The summed E-state index contributed by atoms with van der Waals surface area (Å²) in [5.74, 6) is -1.77. The SMILES string of the molecule is C[C@@H]1CCC[C@@]2(C1)[C@H](C(N)=O)C(=S)NC(=O)[C@H]2C(N)=S. The topological polar surface area (TPSA) is 98.2 Å². The highest BCUT2D eigenvalue weighted by Gasteiger charge is 2.58. The van der Waals surface area contributed by atoms with Gasteiger partial charge in [0, 0.05) is 5.41 Å². The van der Waals surface area contributed by atoms with Crippen LogP contribution in [0.2, 0.25) is 0 Å². The zero-order valence-corrected chi connectivity index (χ0v) is 13.0. The molecule has 0 unspecified atom stereocenters. The van der Waals surface area contributed by atoms with E-state index in [9.17, 15) is 9.59 Å². The van der Waals surface area contributed by atoms with Crippen molar-refractivity contribution in [2.24, 2.45) is 34.6 Å². The zero-order valence-electron chi connectivity index (χ0n) is 11.3. The van der Waals surface area contributed by atoms with E-state index in [1.165, 1.54) is 0 Å². The third kappa shape index (κ3) is 2.33. The van der Waals surface area contributed by atoms with Crippen LogP contribution in [0.1, 0.15) is 32.6 Å². The monoisotopic (exact) mass is 313 g/mol. The third-order valence-corrected chi connectivity index (χ3v) is 5.13. The molecule has 20 heavy (non-hydrogen) atoms. The molecule has 1 saturated heterocycles. The van der Waals surface area contributed by atoms with Gasteiger partial charge in [0.1, 0.15) is 0 Å². The highest BCUT2D eigenvalue weighted by Crippen LogP contribution is 2.52. The Hall–Kier alpha value is -1.08. The Morgan fingerprint density at radius 3 is 2.55 bits per heavy atom. The van der Waals surface area contributed by atoms with Gasteiger partial charge in [0.25, 0.3) is 0 Å². The minimum Gasteiger partial charge on any atom is -0.393 e. The minimum atomic E-state index is -0.676. The van der Waals surface area contributed by atoms with E-state index < -0.39 is 23.2 Å². The van der Waals surface area contributed by atoms with E-state index in [0.29, 0.717) is 18.8 Å². The van der Waals surface area contributed by atoms with Gasteiger partial charge in [-0.15, -0.1) is 0 Å². The van der Waals surface area contributed by atoms with Crippen molar-refractivity contribution in [2.75, 3.05) is 0 Å². The van der Waals surface area contributed by atoms with E-state index in [4.69, 9.17) is 35.9 Å². The van der Waals surface area contributed by atoms with Crippen LogP contribution in [-0.2, 0) is 9.59 Å². The van der Waals surface area contributed by atoms with Crippen LogP contribution in [0.25, 0.3) is 0 Å². The summed E-state index contributed by atoms with van der Waals surface area (Å²) in [5.41, 5.74) is 10.7. The standard InChI is InChI=1S/C13H19N3O2S2/c1-6-3-2-4-13(5-6)7(9(14)17)12(20)16-11(18)8(13)10(15)19/h6-8H,2-5H2,1H3,(H2,14,17)(H2,15,19)(H,16,18,20)/t6-,7-,8-,13-/m1/s1. The molecule has 5 N–H and O–H groups in total. The maximum absolute atomic E-state index is 12.3. The van der Waals surface area contributed by atoms with Gasteiger partial charge in [-0.05, 0) is 18.8 Å². The van der Waals surface area contributed by atoms with Gasteiger partial charge in [0.15, 0.2) is 0 Å². The lowest BCUT2D eigenvalue weighted by Gasteiger charge is -2.51. The van der Waals surface area contributed by atoms with Gasteiger partial charge in [-0.1, -0.05) is 44.2 Å². The fraction of sp³-hybridized carbons (Fsp3) is 0.692. The van der Waals surface area contributed by atoms with Crippen molar-refractivity contribution < 1.29 is 9.59 Å². The number of hydrogen-bond acceptors (Lipinski definition) is 4. The molecule has 110 valence electrons. The van der Waals surface area contributed by atoms with E-state index >= 15 is 0 Å². The second-order valence-corrected chi connectivity index (χ2v) is 6.87. The molecule has 0 aromatic heterocycles. The summed E-state index contributed by atoms with van der Waals surface area (Å²) in [5, 5.41) is 2.55. The average molecular weight is 313 g/mol. The Balaban J connectivity index is 2.55. The summed E-state index contributed by atoms with van der Waals surface area (Å²) in [4.78, 5) is 24.5. The quantitative estimate of drug-likeness (QED) is 0.650. The molecule has 2 aliphatic rings. The average Bonchev–Trinajstić information content (AvgIpc) is 2.25. The number of piperidine rings is 1. The minimum absolute atomic E-state index is 0.116. The molecule has 1 aliphatic heterocycles. The molecular formula is C13H19N3O2S2. The van der Waals surface area contributed by atoms with Crippen molar-refractivity contribution in [3.8, 4) is 0 Å². The summed E-state index contributed by atoms with van der Waals surface area (Å²) >= 11 is 10.3. The number of nitrogens with two attached hydrogens (primary N) is 2. The molecule has 0 aromatic carbocycles. The molecule has 0 bridgehead atoms. The Morgan fingerprint density at radius 2 is 2.05 bits per heavy atom. The number of amides is 2. The summed E-state index contributed by atoms with van der Waals surface area (Å²) in [6.07, 6.45) is 3.36. The second kappa shape index (κ2) is 5.37. The van der Waals surface area contributed by atoms with Crippen LogP contribution in [0.4, 0.5) is 0 Å². The van der Waals surface area contributed by atoms with Gasteiger partial charge >= 0.3 is 0 Å². The highest BCUT2D eigenvalue weighted by molar-refractivity contribution is 7.80. The van der Waals surface area contributed by atoms with E-state index in [2.05, 4.69) is 12.2 Å². The molecule has 4 atom stereocenters. The molecule has 0 radical (unpaired) electrons.